The number of nitrogens with zero attached hydrogens (tertiary/aromatic N) is 3. The summed E-state index contributed by atoms with van der Waals surface area (Å²) in [4.78, 5) is 14.3. The summed E-state index contributed by atoms with van der Waals surface area (Å²) in [5.41, 5.74) is 3.99. The van der Waals surface area contributed by atoms with Gasteiger partial charge >= 0.3 is 0 Å². The van der Waals surface area contributed by atoms with Crippen molar-refractivity contribution in [1.82, 2.24) is 4.90 Å². The highest BCUT2D eigenvalue weighted by Crippen LogP contribution is 2.20. The molecule has 5 nitrogen and oxygen atoms in total. The number of para-hydroxylation sites is 1. The van der Waals surface area contributed by atoms with E-state index in [2.05, 4.69) is 5.10 Å². The zero-order chi connectivity index (χ0) is 19.2. The Morgan fingerprint density at radius 3 is 2.56 bits per heavy atom. The van der Waals surface area contributed by atoms with Crippen LogP contribution in [0.5, 0.6) is 5.75 Å². The Balaban J connectivity index is 1.47. The Kier molecular flexibility index (Phi) is 6.12. The minimum Gasteiger partial charge on any atom is -0.493 e. The predicted molar refractivity (Wildman–Crippen MR) is 110 cm³/mol. The molecule has 0 atom stereocenters. The Morgan fingerprint density at radius 1 is 1.15 bits per heavy atom. The number of benzene rings is 2. The number of amides is 1. The fourth-order valence-corrected chi connectivity index (χ4v) is 3.06. The molecule has 1 aliphatic heterocycles. The third-order valence-electron chi connectivity index (χ3n) is 4.72. The van der Waals surface area contributed by atoms with Gasteiger partial charge in [-0.2, -0.15) is 5.10 Å². The molecule has 2 aromatic rings. The molecule has 1 heterocycles. The van der Waals surface area contributed by atoms with Crippen LogP contribution in [0.4, 0.5) is 5.69 Å². The molecule has 3 rings (SSSR count). The van der Waals surface area contributed by atoms with Crippen molar-refractivity contribution in [3.8, 4) is 5.75 Å². The lowest BCUT2D eigenvalue weighted by atomic mass is 10.1. The first-order valence-corrected chi connectivity index (χ1v) is 9.40. The third-order valence-corrected chi connectivity index (χ3v) is 4.72. The first kappa shape index (κ1) is 19.0. The van der Waals surface area contributed by atoms with E-state index in [1.807, 2.05) is 74.4 Å². The highest BCUT2D eigenvalue weighted by atomic mass is 16.5. The Bertz CT molecular complexity index is 815. The summed E-state index contributed by atoms with van der Waals surface area (Å²) in [7, 11) is 1.83. The lowest BCUT2D eigenvalue weighted by Crippen LogP contribution is -2.28. The van der Waals surface area contributed by atoms with Gasteiger partial charge in [0.2, 0.25) is 0 Å². The zero-order valence-electron chi connectivity index (χ0n) is 16.3. The number of carbonyl (C=O) groups excluding carboxylic acids is 1. The second-order valence-electron chi connectivity index (χ2n) is 6.95. The van der Waals surface area contributed by atoms with E-state index >= 15 is 0 Å². The second kappa shape index (κ2) is 8.71. The molecule has 0 unspecified atom stereocenters. The van der Waals surface area contributed by atoms with Gasteiger partial charge in [-0.15, -0.1) is 0 Å². The van der Waals surface area contributed by atoms with E-state index in [9.17, 15) is 4.79 Å². The summed E-state index contributed by atoms with van der Waals surface area (Å²) in [6, 6.07) is 15.6. The van der Waals surface area contributed by atoms with Crippen molar-refractivity contribution in [3.05, 3.63) is 59.7 Å². The van der Waals surface area contributed by atoms with Gasteiger partial charge in [0.15, 0.2) is 0 Å². The van der Waals surface area contributed by atoms with Crippen molar-refractivity contribution in [2.75, 3.05) is 31.8 Å². The molecule has 0 fully saturated rings. The normalized spacial score (nSPS) is 13.4. The van der Waals surface area contributed by atoms with Crippen LogP contribution >= 0.6 is 0 Å². The molecule has 0 aliphatic carbocycles. The maximum absolute atomic E-state index is 12.6. The van der Waals surface area contributed by atoms with E-state index in [1.54, 1.807) is 4.90 Å². The van der Waals surface area contributed by atoms with Gasteiger partial charge in [-0.25, -0.2) is 0 Å². The smallest absolute Gasteiger partial charge is 0.253 e. The van der Waals surface area contributed by atoms with Crippen molar-refractivity contribution in [1.29, 1.82) is 0 Å². The molecule has 0 radical (unpaired) electrons. The van der Waals surface area contributed by atoms with Crippen LogP contribution in [0, 0.1) is 6.92 Å². The van der Waals surface area contributed by atoms with Crippen LogP contribution in [0.3, 0.4) is 0 Å². The SMILES string of the molecule is CC1=NN(c2ccc(C(=O)N(C)CCCOc3ccccc3C)cc2)CC1. The number of hydrogen-bond donors (Lipinski definition) is 0. The van der Waals surface area contributed by atoms with E-state index in [0.29, 0.717) is 18.7 Å². The summed E-state index contributed by atoms with van der Waals surface area (Å²) in [6.07, 6.45) is 1.78. The van der Waals surface area contributed by atoms with Crippen LogP contribution in [0.2, 0.25) is 0 Å². The topological polar surface area (TPSA) is 45.1 Å². The lowest BCUT2D eigenvalue weighted by Gasteiger charge is -2.19. The molecule has 27 heavy (non-hydrogen) atoms. The zero-order valence-corrected chi connectivity index (χ0v) is 16.3. The molecule has 0 N–H and O–H groups in total. The number of hydrazone groups is 1. The molecule has 0 spiro atoms. The maximum atomic E-state index is 12.6. The fraction of sp³-hybridized carbons (Fsp3) is 0.364. The standard InChI is InChI=1S/C22H27N3O2/c1-17-7-4-5-8-21(17)27-16-6-14-24(3)22(26)19-9-11-20(12-10-19)25-15-13-18(2)23-25/h4-5,7-12H,6,13-16H2,1-3H3. The third kappa shape index (κ3) is 4.88. The molecular weight excluding hydrogens is 338 g/mol. The quantitative estimate of drug-likeness (QED) is 0.693. The minimum absolute atomic E-state index is 0.0264. The van der Waals surface area contributed by atoms with E-state index in [0.717, 1.165) is 42.1 Å². The number of aryl methyl sites for hydroxylation is 1. The predicted octanol–water partition coefficient (Wildman–Crippen LogP) is 4.12. The molecule has 0 saturated carbocycles. The molecule has 5 heteroatoms. The first-order valence-electron chi connectivity index (χ1n) is 9.40. The van der Waals surface area contributed by atoms with E-state index in [1.165, 1.54) is 0 Å². The van der Waals surface area contributed by atoms with Gasteiger partial charge < -0.3 is 9.64 Å². The average Bonchev–Trinajstić information content (AvgIpc) is 3.12. The van der Waals surface area contributed by atoms with Gasteiger partial charge in [0.1, 0.15) is 5.75 Å². The molecule has 0 aromatic heterocycles. The van der Waals surface area contributed by atoms with Gasteiger partial charge in [0.25, 0.3) is 5.91 Å². The summed E-state index contributed by atoms with van der Waals surface area (Å²) in [5, 5.41) is 6.47. The van der Waals surface area contributed by atoms with Gasteiger partial charge in [-0.3, -0.25) is 9.80 Å². The van der Waals surface area contributed by atoms with Crippen molar-refractivity contribution in [2.24, 2.45) is 5.10 Å². The highest BCUT2D eigenvalue weighted by molar-refractivity contribution is 5.94. The largest absolute Gasteiger partial charge is 0.493 e. The van der Waals surface area contributed by atoms with Crippen LogP contribution < -0.4 is 9.75 Å². The molecule has 0 saturated heterocycles. The lowest BCUT2D eigenvalue weighted by molar-refractivity contribution is 0.0788. The Labute approximate surface area is 161 Å². The summed E-state index contributed by atoms with van der Waals surface area (Å²) < 4.78 is 5.80. The monoisotopic (exact) mass is 365 g/mol. The maximum Gasteiger partial charge on any atom is 0.253 e. The summed E-state index contributed by atoms with van der Waals surface area (Å²) in [5.74, 6) is 0.931. The van der Waals surface area contributed by atoms with Crippen molar-refractivity contribution >= 4 is 17.3 Å². The molecule has 1 amide bonds. The van der Waals surface area contributed by atoms with Crippen LogP contribution in [-0.2, 0) is 0 Å². The number of ether oxygens (including phenoxy) is 1. The van der Waals surface area contributed by atoms with Gasteiger partial charge in [-0.05, 0) is 56.2 Å². The van der Waals surface area contributed by atoms with Crippen LogP contribution in [0.15, 0.2) is 53.6 Å². The molecule has 2 aromatic carbocycles. The van der Waals surface area contributed by atoms with E-state index < -0.39 is 0 Å². The Morgan fingerprint density at radius 2 is 1.89 bits per heavy atom. The van der Waals surface area contributed by atoms with Gasteiger partial charge in [0.05, 0.1) is 12.3 Å². The average molecular weight is 365 g/mol. The highest BCUT2D eigenvalue weighted by Gasteiger charge is 2.15. The van der Waals surface area contributed by atoms with Crippen molar-refractivity contribution < 1.29 is 9.53 Å². The van der Waals surface area contributed by atoms with Crippen LogP contribution in [0.1, 0.15) is 35.7 Å². The van der Waals surface area contributed by atoms with Crippen molar-refractivity contribution in [3.63, 3.8) is 0 Å². The molecular formula is C22H27N3O2. The van der Waals surface area contributed by atoms with Crippen molar-refractivity contribution in [2.45, 2.75) is 26.7 Å². The first-order chi connectivity index (χ1) is 13.0. The number of hydrogen-bond acceptors (Lipinski definition) is 4. The molecule has 1 aliphatic rings. The number of carbonyl (C=O) groups is 1. The molecule has 142 valence electrons. The summed E-state index contributed by atoms with van der Waals surface area (Å²) in [6.45, 7) is 6.22. The minimum atomic E-state index is 0.0264. The van der Waals surface area contributed by atoms with Gasteiger partial charge in [-0.1, -0.05) is 18.2 Å². The Hall–Kier alpha value is -2.82. The number of rotatable bonds is 7. The van der Waals surface area contributed by atoms with E-state index in [-0.39, 0.29) is 5.91 Å². The van der Waals surface area contributed by atoms with E-state index in [4.69, 9.17) is 4.74 Å². The van der Waals surface area contributed by atoms with Gasteiger partial charge in [0, 0.05) is 37.8 Å². The summed E-state index contributed by atoms with van der Waals surface area (Å²) >= 11 is 0. The second-order valence-corrected chi connectivity index (χ2v) is 6.95. The number of anilines is 1. The van der Waals surface area contributed by atoms with Crippen LogP contribution in [-0.4, -0.2) is 43.3 Å². The molecule has 0 bridgehead atoms. The fourth-order valence-electron chi connectivity index (χ4n) is 3.06. The van der Waals surface area contributed by atoms with Crippen LogP contribution in [0.25, 0.3) is 0 Å².